The fourth-order valence-electron chi connectivity index (χ4n) is 3.57. The van der Waals surface area contributed by atoms with E-state index in [0.29, 0.717) is 12.0 Å². The van der Waals surface area contributed by atoms with Gasteiger partial charge in [0.2, 0.25) is 0 Å². The van der Waals surface area contributed by atoms with Crippen LogP contribution in [0.3, 0.4) is 0 Å². The molecule has 1 saturated carbocycles. The summed E-state index contributed by atoms with van der Waals surface area (Å²) in [4.78, 5) is 19.3. The number of piperidine rings is 1. The molecule has 0 atom stereocenters. The Hall–Kier alpha value is -2.36. The minimum absolute atomic E-state index is 0.120. The van der Waals surface area contributed by atoms with E-state index in [2.05, 4.69) is 40.6 Å². The first-order chi connectivity index (χ1) is 12.3. The largest absolute Gasteiger partial charge is 0.367 e. The number of nitrogens with zero attached hydrogens (tertiary/aromatic N) is 2. The predicted octanol–water partition coefficient (Wildman–Crippen LogP) is 3.75. The van der Waals surface area contributed by atoms with Crippen LogP contribution < -0.4 is 5.32 Å². The van der Waals surface area contributed by atoms with Crippen molar-refractivity contribution in [2.75, 3.05) is 18.4 Å². The number of anilines is 1. The topological polar surface area (TPSA) is 45.2 Å². The van der Waals surface area contributed by atoms with Crippen molar-refractivity contribution < 1.29 is 4.79 Å². The third-order valence-electron chi connectivity index (χ3n) is 5.23. The van der Waals surface area contributed by atoms with Gasteiger partial charge in [0.05, 0.1) is 5.56 Å². The number of aromatic nitrogens is 1. The molecule has 2 heterocycles. The molecule has 0 radical (unpaired) electrons. The Balaban J connectivity index is 1.36. The van der Waals surface area contributed by atoms with Crippen LogP contribution in [0.5, 0.6) is 0 Å². The molecule has 130 valence electrons. The molecule has 1 saturated heterocycles. The Morgan fingerprint density at radius 1 is 1.04 bits per heavy atom. The lowest BCUT2D eigenvalue weighted by molar-refractivity contribution is 0.0691. The number of rotatable bonds is 5. The molecule has 1 aliphatic carbocycles. The van der Waals surface area contributed by atoms with Crippen molar-refractivity contribution in [1.82, 2.24) is 9.88 Å². The first-order valence-electron chi connectivity index (χ1n) is 9.34. The summed E-state index contributed by atoms with van der Waals surface area (Å²) >= 11 is 0. The second-order valence-corrected chi connectivity index (χ2v) is 7.24. The number of carbonyl (C=O) groups excluding carboxylic acids is 1. The quantitative estimate of drug-likeness (QED) is 0.905. The molecule has 2 aromatic rings. The van der Waals surface area contributed by atoms with Gasteiger partial charge in [-0.3, -0.25) is 4.79 Å². The zero-order valence-corrected chi connectivity index (χ0v) is 14.5. The first kappa shape index (κ1) is 16.1. The summed E-state index contributed by atoms with van der Waals surface area (Å²) in [7, 11) is 0. The van der Waals surface area contributed by atoms with E-state index in [1.165, 1.54) is 18.4 Å². The molecule has 1 aromatic carbocycles. The van der Waals surface area contributed by atoms with Gasteiger partial charge in [-0.2, -0.15) is 0 Å². The minimum atomic E-state index is 0.120. The van der Waals surface area contributed by atoms with Gasteiger partial charge in [0, 0.05) is 25.3 Å². The SMILES string of the molecule is O=C(c1cccnc1NC1CC1)N1CCC(Cc2ccccc2)CC1. The van der Waals surface area contributed by atoms with Gasteiger partial charge in [-0.25, -0.2) is 4.98 Å². The van der Waals surface area contributed by atoms with Crippen molar-refractivity contribution in [1.29, 1.82) is 0 Å². The van der Waals surface area contributed by atoms with Gasteiger partial charge < -0.3 is 10.2 Å². The summed E-state index contributed by atoms with van der Waals surface area (Å²) < 4.78 is 0. The maximum absolute atomic E-state index is 12.9. The number of hydrogen-bond donors (Lipinski definition) is 1. The lowest BCUT2D eigenvalue weighted by atomic mass is 9.90. The van der Waals surface area contributed by atoms with E-state index in [4.69, 9.17) is 0 Å². The maximum Gasteiger partial charge on any atom is 0.257 e. The van der Waals surface area contributed by atoms with Gasteiger partial charge >= 0.3 is 0 Å². The van der Waals surface area contributed by atoms with Crippen LogP contribution in [0.4, 0.5) is 5.82 Å². The lowest BCUT2D eigenvalue weighted by Gasteiger charge is -2.32. The first-order valence-corrected chi connectivity index (χ1v) is 9.34. The van der Waals surface area contributed by atoms with Gasteiger partial charge in [-0.05, 0) is 55.7 Å². The molecular weight excluding hydrogens is 310 g/mol. The number of carbonyl (C=O) groups is 1. The van der Waals surface area contributed by atoms with Crippen molar-refractivity contribution in [3.63, 3.8) is 0 Å². The highest BCUT2D eigenvalue weighted by molar-refractivity contribution is 5.98. The molecule has 4 rings (SSSR count). The molecule has 1 N–H and O–H groups in total. The molecule has 1 amide bonds. The lowest BCUT2D eigenvalue weighted by Crippen LogP contribution is -2.39. The average Bonchev–Trinajstić information content (AvgIpc) is 3.47. The highest BCUT2D eigenvalue weighted by atomic mass is 16.2. The highest BCUT2D eigenvalue weighted by Crippen LogP contribution is 2.27. The summed E-state index contributed by atoms with van der Waals surface area (Å²) in [5, 5.41) is 3.39. The van der Waals surface area contributed by atoms with Gasteiger partial charge in [0.1, 0.15) is 5.82 Å². The molecule has 0 bridgehead atoms. The van der Waals surface area contributed by atoms with Crippen LogP contribution in [-0.4, -0.2) is 34.9 Å². The summed E-state index contributed by atoms with van der Waals surface area (Å²) in [6.45, 7) is 1.68. The van der Waals surface area contributed by atoms with Crippen LogP contribution in [0, 0.1) is 5.92 Å². The van der Waals surface area contributed by atoms with Crippen LogP contribution in [-0.2, 0) is 6.42 Å². The monoisotopic (exact) mass is 335 g/mol. The number of likely N-dealkylation sites (tertiary alicyclic amines) is 1. The molecule has 2 fully saturated rings. The van der Waals surface area contributed by atoms with E-state index in [-0.39, 0.29) is 5.91 Å². The van der Waals surface area contributed by atoms with Crippen LogP contribution >= 0.6 is 0 Å². The van der Waals surface area contributed by atoms with Gasteiger partial charge in [-0.1, -0.05) is 30.3 Å². The van der Waals surface area contributed by atoms with Crippen molar-refractivity contribution in [3.05, 3.63) is 59.8 Å². The number of benzene rings is 1. The second-order valence-electron chi connectivity index (χ2n) is 7.24. The highest BCUT2D eigenvalue weighted by Gasteiger charge is 2.28. The van der Waals surface area contributed by atoms with Gasteiger partial charge in [0.15, 0.2) is 0 Å². The maximum atomic E-state index is 12.9. The van der Waals surface area contributed by atoms with Crippen molar-refractivity contribution in [3.8, 4) is 0 Å². The summed E-state index contributed by atoms with van der Waals surface area (Å²) in [5.74, 6) is 1.54. The number of hydrogen-bond acceptors (Lipinski definition) is 3. The molecule has 0 spiro atoms. The summed E-state index contributed by atoms with van der Waals surface area (Å²) in [5.41, 5.74) is 2.12. The second kappa shape index (κ2) is 7.26. The molecule has 1 aliphatic heterocycles. The Morgan fingerprint density at radius 3 is 2.52 bits per heavy atom. The van der Waals surface area contributed by atoms with Crippen LogP contribution in [0.25, 0.3) is 0 Å². The third kappa shape index (κ3) is 4.01. The fourth-order valence-corrected chi connectivity index (χ4v) is 3.57. The van der Waals surface area contributed by atoms with Crippen LogP contribution in [0.15, 0.2) is 48.7 Å². The Kier molecular flexibility index (Phi) is 4.68. The summed E-state index contributed by atoms with van der Waals surface area (Å²) in [6, 6.07) is 14.9. The number of amides is 1. The molecule has 2 aliphatic rings. The van der Waals surface area contributed by atoms with Crippen molar-refractivity contribution in [2.45, 2.75) is 38.1 Å². The van der Waals surface area contributed by atoms with Crippen LogP contribution in [0.1, 0.15) is 41.6 Å². The van der Waals surface area contributed by atoms with E-state index in [1.807, 2.05) is 17.0 Å². The Morgan fingerprint density at radius 2 is 1.80 bits per heavy atom. The van der Waals surface area contributed by atoms with Crippen molar-refractivity contribution in [2.24, 2.45) is 5.92 Å². The molecule has 4 nitrogen and oxygen atoms in total. The van der Waals surface area contributed by atoms with E-state index in [9.17, 15) is 4.79 Å². The predicted molar refractivity (Wildman–Crippen MR) is 99.7 cm³/mol. The zero-order valence-electron chi connectivity index (χ0n) is 14.5. The Labute approximate surface area is 149 Å². The number of pyridine rings is 1. The average molecular weight is 335 g/mol. The van der Waals surface area contributed by atoms with E-state index < -0.39 is 0 Å². The van der Waals surface area contributed by atoms with Crippen LogP contribution in [0.2, 0.25) is 0 Å². The molecular formula is C21H25N3O. The molecule has 0 unspecified atom stereocenters. The van der Waals surface area contributed by atoms with E-state index in [1.54, 1.807) is 6.20 Å². The smallest absolute Gasteiger partial charge is 0.257 e. The number of nitrogens with one attached hydrogen (secondary N) is 1. The molecule has 4 heteroatoms. The zero-order chi connectivity index (χ0) is 17.1. The normalized spacial score (nSPS) is 18.2. The minimum Gasteiger partial charge on any atom is -0.367 e. The summed E-state index contributed by atoms with van der Waals surface area (Å²) in [6.07, 6.45) is 7.38. The van der Waals surface area contributed by atoms with E-state index in [0.717, 1.165) is 43.7 Å². The molecule has 25 heavy (non-hydrogen) atoms. The van der Waals surface area contributed by atoms with Gasteiger partial charge in [0.25, 0.3) is 5.91 Å². The fraction of sp³-hybridized carbons (Fsp3) is 0.429. The third-order valence-corrected chi connectivity index (χ3v) is 5.23. The van der Waals surface area contributed by atoms with E-state index >= 15 is 0 Å². The standard InChI is InChI=1S/C21H25N3O/c25-21(19-7-4-12-22-20(19)23-18-8-9-18)24-13-10-17(11-14-24)15-16-5-2-1-3-6-16/h1-7,12,17-18H,8-11,13-15H2,(H,22,23). The van der Waals surface area contributed by atoms with Gasteiger partial charge in [-0.15, -0.1) is 0 Å². The molecule has 1 aromatic heterocycles. The Bertz CT molecular complexity index is 719. The van der Waals surface area contributed by atoms with Crippen molar-refractivity contribution >= 4 is 11.7 Å².